The van der Waals surface area contributed by atoms with Gasteiger partial charge in [-0.15, -0.1) is 0 Å². The minimum Gasteiger partial charge on any atom is -0.494 e. The first-order chi connectivity index (χ1) is 13.9. The van der Waals surface area contributed by atoms with Crippen molar-refractivity contribution in [1.82, 2.24) is 16.2 Å². The second-order valence-corrected chi connectivity index (χ2v) is 6.64. The zero-order valence-electron chi connectivity index (χ0n) is 16.8. The Kier molecular flexibility index (Phi) is 8.42. The summed E-state index contributed by atoms with van der Waals surface area (Å²) in [5.74, 6) is -0.0859. The summed E-state index contributed by atoms with van der Waals surface area (Å²) >= 11 is 5.23. The third-order valence-corrected chi connectivity index (χ3v) is 4.34. The molecule has 0 aliphatic heterocycles. The Labute approximate surface area is 176 Å². The molecule has 2 aromatic carbocycles. The number of nitrogens with one attached hydrogen (secondary N) is 4. The number of para-hydroxylation sites is 1. The van der Waals surface area contributed by atoms with Gasteiger partial charge < -0.3 is 15.4 Å². The maximum absolute atomic E-state index is 12.1. The van der Waals surface area contributed by atoms with Gasteiger partial charge in [-0.2, -0.15) is 0 Å². The van der Waals surface area contributed by atoms with Gasteiger partial charge in [-0.25, -0.2) is 0 Å². The molecule has 154 valence electrons. The molecule has 0 spiro atoms. The Morgan fingerprint density at radius 1 is 1.03 bits per heavy atom. The van der Waals surface area contributed by atoms with E-state index >= 15 is 0 Å². The van der Waals surface area contributed by atoms with E-state index in [1.165, 1.54) is 0 Å². The van der Waals surface area contributed by atoms with Crippen LogP contribution in [-0.4, -0.2) is 30.1 Å². The van der Waals surface area contributed by atoms with Crippen LogP contribution in [0.1, 0.15) is 35.3 Å². The zero-order valence-corrected chi connectivity index (χ0v) is 17.6. The van der Waals surface area contributed by atoms with Crippen LogP contribution in [0.25, 0.3) is 0 Å². The van der Waals surface area contributed by atoms with E-state index in [-0.39, 0.29) is 17.6 Å². The summed E-state index contributed by atoms with van der Waals surface area (Å²) in [7, 11) is 0. The molecular formula is C21H26N4O3S. The summed E-state index contributed by atoms with van der Waals surface area (Å²) in [4.78, 5) is 24.1. The Balaban J connectivity index is 1.78. The SMILES string of the molecule is CCOc1ccc(C(=O)NCC(=O)NNC(=S)Nc2c(C)cccc2CC)cc1. The lowest BCUT2D eigenvalue weighted by Gasteiger charge is -2.16. The van der Waals surface area contributed by atoms with Crippen LogP contribution >= 0.6 is 12.2 Å². The number of rotatable bonds is 7. The second kappa shape index (κ2) is 11.0. The monoisotopic (exact) mass is 414 g/mol. The molecule has 2 amide bonds. The number of carbonyl (C=O) groups is 2. The van der Waals surface area contributed by atoms with E-state index in [0.29, 0.717) is 17.9 Å². The van der Waals surface area contributed by atoms with E-state index in [9.17, 15) is 9.59 Å². The summed E-state index contributed by atoms with van der Waals surface area (Å²) in [5.41, 5.74) is 8.66. The van der Waals surface area contributed by atoms with Gasteiger partial charge in [-0.05, 0) is 67.9 Å². The third-order valence-electron chi connectivity index (χ3n) is 4.13. The molecular weight excluding hydrogens is 388 g/mol. The van der Waals surface area contributed by atoms with Gasteiger partial charge in [0.05, 0.1) is 13.2 Å². The molecule has 0 aliphatic carbocycles. The fourth-order valence-electron chi connectivity index (χ4n) is 2.65. The van der Waals surface area contributed by atoms with Crippen LogP contribution < -0.4 is 26.2 Å². The normalized spacial score (nSPS) is 10.0. The van der Waals surface area contributed by atoms with Crippen LogP contribution in [0, 0.1) is 6.92 Å². The van der Waals surface area contributed by atoms with E-state index in [1.54, 1.807) is 24.3 Å². The number of amides is 2. The summed E-state index contributed by atoms with van der Waals surface area (Å²) in [6.45, 7) is 6.30. The first-order valence-corrected chi connectivity index (χ1v) is 9.80. The van der Waals surface area contributed by atoms with E-state index in [4.69, 9.17) is 17.0 Å². The lowest BCUT2D eigenvalue weighted by atomic mass is 10.1. The Morgan fingerprint density at radius 3 is 2.41 bits per heavy atom. The van der Waals surface area contributed by atoms with Gasteiger partial charge in [0.25, 0.3) is 11.8 Å². The molecule has 2 aromatic rings. The van der Waals surface area contributed by atoms with Gasteiger partial charge in [-0.1, -0.05) is 25.1 Å². The average molecular weight is 415 g/mol. The number of hydrogen-bond acceptors (Lipinski definition) is 4. The molecule has 0 aromatic heterocycles. The first-order valence-electron chi connectivity index (χ1n) is 9.40. The number of hydrogen-bond donors (Lipinski definition) is 4. The molecule has 0 aliphatic rings. The van der Waals surface area contributed by atoms with Gasteiger partial charge in [-0.3, -0.25) is 20.4 Å². The van der Waals surface area contributed by atoms with Crippen molar-refractivity contribution in [3.63, 3.8) is 0 Å². The highest BCUT2D eigenvalue weighted by Gasteiger charge is 2.10. The molecule has 0 bridgehead atoms. The number of carbonyl (C=O) groups excluding carboxylic acids is 2. The van der Waals surface area contributed by atoms with Crippen LogP contribution in [0.4, 0.5) is 5.69 Å². The molecule has 0 radical (unpaired) electrons. The van der Waals surface area contributed by atoms with Crippen LogP contribution in [0.3, 0.4) is 0 Å². The molecule has 4 N–H and O–H groups in total. The zero-order chi connectivity index (χ0) is 21.2. The van der Waals surface area contributed by atoms with Crippen molar-refractivity contribution in [3.8, 4) is 5.75 Å². The van der Waals surface area contributed by atoms with Crippen molar-refractivity contribution in [2.24, 2.45) is 0 Å². The lowest BCUT2D eigenvalue weighted by molar-refractivity contribution is -0.120. The van der Waals surface area contributed by atoms with E-state index in [2.05, 4.69) is 28.4 Å². The minimum atomic E-state index is -0.422. The fraction of sp³-hybridized carbons (Fsp3) is 0.286. The van der Waals surface area contributed by atoms with Gasteiger partial charge in [0, 0.05) is 11.3 Å². The Bertz CT molecular complexity index is 869. The Morgan fingerprint density at radius 2 is 1.76 bits per heavy atom. The van der Waals surface area contributed by atoms with E-state index < -0.39 is 5.91 Å². The van der Waals surface area contributed by atoms with Gasteiger partial charge in [0.2, 0.25) is 0 Å². The van der Waals surface area contributed by atoms with E-state index in [1.807, 2.05) is 32.0 Å². The number of benzene rings is 2. The van der Waals surface area contributed by atoms with E-state index in [0.717, 1.165) is 23.2 Å². The lowest BCUT2D eigenvalue weighted by Crippen LogP contribution is -2.47. The molecule has 29 heavy (non-hydrogen) atoms. The number of anilines is 1. The minimum absolute atomic E-state index is 0.188. The summed E-state index contributed by atoms with van der Waals surface area (Å²) in [6, 6.07) is 12.7. The second-order valence-electron chi connectivity index (χ2n) is 6.23. The van der Waals surface area contributed by atoms with Crippen molar-refractivity contribution in [1.29, 1.82) is 0 Å². The molecule has 0 heterocycles. The topological polar surface area (TPSA) is 91.5 Å². The van der Waals surface area contributed by atoms with Gasteiger partial charge in [0.1, 0.15) is 5.75 Å². The van der Waals surface area contributed by atoms with Crippen LogP contribution in [0.5, 0.6) is 5.75 Å². The molecule has 2 rings (SSSR count). The first kappa shape index (κ1) is 22.2. The molecule has 0 atom stereocenters. The fourth-order valence-corrected chi connectivity index (χ4v) is 2.80. The Hall–Kier alpha value is -3.13. The molecule has 0 fully saturated rings. The van der Waals surface area contributed by atoms with Crippen molar-refractivity contribution < 1.29 is 14.3 Å². The molecule has 0 unspecified atom stereocenters. The van der Waals surface area contributed by atoms with Crippen molar-refractivity contribution >= 4 is 34.8 Å². The highest BCUT2D eigenvalue weighted by Crippen LogP contribution is 2.20. The number of aryl methyl sites for hydroxylation is 2. The third kappa shape index (κ3) is 6.76. The molecule has 0 saturated carbocycles. The van der Waals surface area contributed by atoms with Gasteiger partial charge in [0.15, 0.2) is 5.11 Å². The predicted molar refractivity (Wildman–Crippen MR) is 118 cm³/mol. The van der Waals surface area contributed by atoms with Crippen molar-refractivity contribution in [2.75, 3.05) is 18.5 Å². The van der Waals surface area contributed by atoms with Crippen LogP contribution in [0.2, 0.25) is 0 Å². The summed E-state index contributed by atoms with van der Waals surface area (Å²) in [5, 5.41) is 5.92. The summed E-state index contributed by atoms with van der Waals surface area (Å²) < 4.78 is 5.34. The number of ether oxygens (including phenoxy) is 1. The smallest absolute Gasteiger partial charge is 0.257 e. The van der Waals surface area contributed by atoms with Crippen molar-refractivity contribution in [2.45, 2.75) is 27.2 Å². The predicted octanol–water partition coefficient (Wildman–Crippen LogP) is 2.70. The standard InChI is InChI=1S/C21H26N4O3S/c1-4-15-8-6-7-14(3)19(15)23-21(29)25-24-18(26)13-22-20(27)16-9-11-17(12-10-16)28-5-2/h6-12H,4-5,13H2,1-3H3,(H,22,27)(H,24,26)(H2,23,25,29). The largest absolute Gasteiger partial charge is 0.494 e. The molecule has 0 saturated heterocycles. The maximum Gasteiger partial charge on any atom is 0.257 e. The number of hydrazine groups is 1. The molecule has 8 heteroatoms. The quantitative estimate of drug-likeness (QED) is 0.411. The number of thiocarbonyl (C=S) groups is 1. The van der Waals surface area contributed by atoms with Gasteiger partial charge >= 0.3 is 0 Å². The summed E-state index contributed by atoms with van der Waals surface area (Å²) in [6.07, 6.45) is 0.858. The highest BCUT2D eigenvalue weighted by atomic mass is 32.1. The molecule has 7 nitrogen and oxygen atoms in total. The average Bonchev–Trinajstić information content (AvgIpc) is 2.72. The van der Waals surface area contributed by atoms with Crippen LogP contribution in [0.15, 0.2) is 42.5 Å². The maximum atomic E-state index is 12.1. The highest BCUT2D eigenvalue weighted by molar-refractivity contribution is 7.80. The van der Waals surface area contributed by atoms with Crippen molar-refractivity contribution in [3.05, 3.63) is 59.2 Å². The van der Waals surface area contributed by atoms with Crippen LogP contribution in [-0.2, 0) is 11.2 Å².